The monoisotopic (exact) mass is 361 g/mol. The van der Waals surface area contributed by atoms with Crippen LogP contribution in [0.2, 0.25) is 0 Å². The molecule has 2 heterocycles. The summed E-state index contributed by atoms with van der Waals surface area (Å²) >= 11 is 0. The van der Waals surface area contributed by atoms with Crippen LogP contribution in [-0.2, 0) is 24.8 Å². The maximum Gasteiger partial charge on any atom is 0.340 e. The second-order valence-corrected chi connectivity index (χ2v) is 6.52. The minimum atomic E-state index is -0.452. The van der Waals surface area contributed by atoms with Crippen LogP contribution in [0.25, 0.3) is 21.9 Å². The number of carbonyl (C=O) groups excluding carboxylic acids is 1. The molecule has 0 saturated heterocycles. The van der Waals surface area contributed by atoms with Crippen molar-refractivity contribution in [2.75, 3.05) is 0 Å². The van der Waals surface area contributed by atoms with Gasteiger partial charge in [-0.2, -0.15) is 0 Å². The Morgan fingerprint density at radius 1 is 1.11 bits per heavy atom. The van der Waals surface area contributed by atoms with Crippen LogP contribution >= 0.6 is 0 Å². The minimum Gasteiger partial charge on any atom is -0.457 e. The Kier molecular flexibility index (Phi) is 4.28. The van der Waals surface area contributed by atoms with Gasteiger partial charge in [0.1, 0.15) is 12.2 Å². The summed E-state index contributed by atoms with van der Waals surface area (Å²) < 4.78 is 12.7. The molecule has 5 nitrogen and oxygen atoms in total. The first-order valence-electron chi connectivity index (χ1n) is 8.83. The number of aryl methyl sites for hydroxylation is 2. The summed E-state index contributed by atoms with van der Waals surface area (Å²) in [5, 5.41) is 1.62. The van der Waals surface area contributed by atoms with E-state index in [0.717, 1.165) is 28.3 Å². The van der Waals surface area contributed by atoms with Crippen molar-refractivity contribution in [3.63, 3.8) is 0 Å². The number of fused-ring (bicyclic) bond motifs is 2. The molecule has 0 spiro atoms. The number of rotatable bonds is 4. The highest BCUT2D eigenvalue weighted by molar-refractivity contribution is 6.04. The average molecular weight is 361 g/mol. The van der Waals surface area contributed by atoms with Crippen LogP contribution in [0.3, 0.4) is 0 Å². The lowest BCUT2D eigenvalue weighted by Crippen LogP contribution is -2.08. The molecule has 0 aliphatic heterocycles. The van der Waals surface area contributed by atoms with Gasteiger partial charge >= 0.3 is 11.6 Å². The molecule has 4 rings (SSSR count). The number of hydrogen-bond donors (Lipinski definition) is 0. The molecule has 2 aromatic carbocycles. The molecule has 4 aromatic rings. The van der Waals surface area contributed by atoms with Crippen LogP contribution < -0.4 is 5.63 Å². The van der Waals surface area contributed by atoms with Gasteiger partial charge in [-0.15, -0.1) is 0 Å². The Hall–Kier alpha value is -3.34. The lowest BCUT2D eigenvalue weighted by molar-refractivity contribution is 0.0476. The van der Waals surface area contributed by atoms with Crippen molar-refractivity contribution < 1.29 is 13.9 Å². The highest BCUT2D eigenvalue weighted by Crippen LogP contribution is 2.23. The van der Waals surface area contributed by atoms with Crippen LogP contribution in [-0.4, -0.2) is 10.5 Å². The van der Waals surface area contributed by atoms with Gasteiger partial charge in [0.25, 0.3) is 0 Å². The molecular formula is C22H19NO4. The van der Waals surface area contributed by atoms with Crippen molar-refractivity contribution in [1.29, 1.82) is 0 Å². The second-order valence-electron chi connectivity index (χ2n) is 6.52. The van der Waals surface area contributed by atoms with Gasteiger partial charge in [0.05, 0.1) is 5.56 Å². The van der Waals surface area contributed by atoms with E-state index in [0.29, 0.717) is 16.7 Å². The standard InChI is InChI=1S/C22H19NO4/c1-3-14-8-9-16-15(11-21(24)27-20(16)10-14)13-26-22(25)18-12-23(2)19-7-5-4-6-17(18)19/h4-12H,3,13H2,1-2H3. The van der Waals surface area contributed by atoms with E-state index < -0.39 is 11.6 Å². The zero-order valence-corrected chi connectivity index (χ0v) is 15.2. The summed E-state index contributed by atoms with van der Waals surface area (Å²) in [4.78, 5) is 24.5. The molecule has 0 fully saturated rings. The predicted molar refractivity (Wildman–Crippen MR) is 104 cm³/mol. The number of nitrogens with zero attached hydrogens (tertiary/aromatic N) is 1. The maximum atomic E-state index is 12.6. The van der Waals surface area contributed by atoms with Gasteiger partial charge in [-0.05, 0) is 24.1 Å². The fraction of sp³-hybridized carbons (Fsp3) is 0.182. The van der Waals surface area contributed by atoms with E-state index in [-0.39, 0.29) is 6.61 Å². The number of aromatic nitrogens is 1. The molecule has 5 heteroatoms. The highest BCUT2D eigenvalue weighted by atomic mass is 16.5. The van der Waals surface area contributed by atoms with Crippen LogP contribution in [0.15, 0.2) is 63.9 Å². The normalized spacial score (nSPS) is 11.2. The van der Waals surface area contributed by atoms with Gasteiger partial charge in [-0.3, -0.25) is 0 Å². The minimum absolute atomic E-state index is 0.00955. The molecule has 27 heavy (non-hydrogen) atoms. The van der Waals surface area contributed by atoms with Gasteiger partial charge in [0.2, 0.25) is 0 Å². The number of para-hydroxylation sites is 1. The summed E-state index contributed by atoms with van der Waals surface area (Å²) in [6.45, 7) is 2.05. The largest absolute Gasteiger partial charge is 0.457 e. The Morgan fingerprint density at radius 2 is 1.93 bits per heavy atom. The number of hydrogen-bond acceptors (Lipinski definition) is 4. The third-order valence-electron chi connectivity index (χ3n) is 4.78. The first-order valence-corrected chi connectivity index (χ1v) is 8.83. The van der Waals surface area contributed by atoms with Gasteiger partial charge < -0.3 is 13.7 Å². The second kappa shape index (κ2) is 6.76. The summed E-state index contributed by atoms with van der Waals surface area (Å²) in [5.41, 5.74) is 3.24. The summed E-state index contributed by atoms with van der Waals surface area (Å²) in [6.07, 6.45) is 2.61. The molecule has 0 amide bonds. The lowest BCUT2D eigenvalue weighted by Gasteiger charge is -2.08. The molecule has 0 N–H and O–H groups in total. The van der Waals surface area contributed by atoms with Crippen molar-refractivity contribution in [2.45, 2.75) is 20.0 Å². The summed E-state index contributed by atoms with van der Waals surface area (Å²) in [7, 11) is 1.89. The summed E-state index contributed by atoms with van der Waals surface area (Å²) in [5.74, 6) is -0.418. The molecular weight excluding hydrogens is 342 g/mol. The first kappa shape index (κ1) is 17.1. The Bertz CT molecular complexity index is 1220. The predicted octanol–water partition coefficient (Wildman–Crippen LogP) is 4.20. The van der Waals surface area contributed by atoms with E-state index in [2.05, 4.69) is 0 Å². The van der Waals surface area contributed by atoms with Crippen LogP contribution in [0.4, 0.5) is 0 Å². The maximum absolute atomic E-state index is 12.6. The van der Waals surface area contributed by atoms with Crippen molar-refractivity contribution >= 4 is 27.8 Å². The van der Waals surface area contributed by atoms with Crippen LogP contribution in [0.1, 0.15) is 28.4 Å². The van der Waals surface area contributed by atoms with Crippen LogP contribution in [0.5, 0.6) is 0 Å². The molecule has 0 aliphatic carbocycles. The van der Waals surface area contributed by atoms with Crippen molar-refractivity contribution in [3.05, 3.63) is 81.8 Å². The molecule has 2 aromatic heterocycles. The van der Waals surface area contributed by atoms with Crippen molar-refractivity contribution in [1.82, 2.24) is 4.57 Å². The van der Waals surface area contributed by atoms with Crippen LogP contribution in [0, 0.1) is 0 Å². The van der Waals surface area contributed by atoms with Gasteiger partial charge in [-0.25, -0.2) is 9.59 Å². The van der Waals surface area contributed by atoms with E-state index in [4.69, 9.17) is 9.15 Å². The molecule has 0 aliphatic rings. The Balaban J connectivity index is 1.65. The number of esters is 1. The summed E-state index contributed by atoms with van der Waals surface area (Å²) in [6, 6.07) is 14.8. The number of carbonyl (C=O) groups is 1. The Labute approximate surface area is 155 Å². The van der Waals surface area contributed by atoms with E-state index in [1.54, 1.807) is 6.20 Å². The fourth-order valence-electron chi connectivity index (χ4n) is 3.34. The van der Waals surface area contributed by atoms with E-state index in [1.807, 2.05) is 61.0 Å². The van der Waals surface area contributed by atoms with Crippen molar-refractivity contribution in [2.24, 2.45) is 7.05 Å². The molecule has 0 saturated carbocycles. The third kappa shape index (κ3) is 3.12. The van der Waals surface area contributed by atoms with E-state index in [1.165, 1.54) is 6.07 Å². The zero-order chi connectivity index (χ0) is 19.0. The topological polar surface area (TPSA) is 61.4 Å². The van der Waals surface area contributed by atoms with E-state index in [9.17, 15) is 9.59 Å². The average Bonchev–Trinajstić information content (AvgIpc) is 3.02. The first-order chi connectivity index (χ1) is 13.1. The zero-order valence-electron chi connectivity index (χ0n) is 15.2. The highest BCUT2D eigenvalue weighted by Gasteiger charge is 2.16. The molecule has 0 unspecified atom stereocenters. The third-order valence-corrected chi connectivity index (χ3v) is 4.78. The smallest absolute Gasteiger partial charge is 0.340 e. The van der Waals surface area contributed by atoms with Gasteiger partial charge in [0, 0.05) is 41.2 Å². The molecule has 136 valence electrons. The molecule has 0 radical (unpaired) electrons. The fourth-order valence-corrected chi connectivity index (χ4v) is 3.34. The van der Waals surface area contributed by atoms with Crippen molar-refractivity contribution in [3.8, 4) is 0 Å². The molecule has 0 bridgehead atoms. The number of ether oxygens (including phenoxy) is 1. The number of benzene rings is 2. The lowest BCUT2D eigenvalue weighted by atomic mass is 10.1. The quantitative estimate of drug-likeness (QED) is 0.404. The molecule has 0 atom stereocenters. The van der Waals surface area contributed by atoms with E-state index >= 15 is 0 Å². The van der Waals surface area contributed by atoms with Gasteiger partial charge in [-0.1, -0.05) is 37.3 Å². The SMILES string of the molecule is CCc1ccc2c(COC(=O)c3cn(C)c4ccccc34)cc(=O)oc2c1. The van der Waals surface area contributed by atoms with Gasteiger partial charge in [0.15, 0.2) is 0 Å². The Morgan fingerprint density at radius 3 is 2.74 bits per heavy atom.